The average Bonchev–Trinajstić information content (AvgIpc) is 3.49. The minimum absolute atomic E-state index is 0. The van der Waals surface area contributed by atoms with Crippen LogP contribution in [0.5, 0.6) is 0 Å². The number of aromatic amines is 1. The largest absolute Gasteiger partial charge is 1.00 e. The van der Waals surface area contributed by atoms with Crippen molar-refractivity contribution >= 4 is 21.1 Å². The summed E-state index contributed by atoms with van der Waals surface area (Å²) in [5.74, 6) is -0.666. The molecule has 3 unspecified atom stereocenters. The Labute approximate surface area is 362 Å². The quantitative estimate of drug-likeness (QED) is 0.0274. The van der Waals surface area contributed by atoms with Gasteiger partial charge in [0.05, 0.1) is 19.8 Å². The third-order valence-corrected chi connectivity index (χ3v) is 11.2. The van der Waals surface area contributed by atoms with Crippen molar-refractivity contribution < 1.29 is 106 Å². The molecule has 1 aromatic heterocycles. The molecule has 54 heavy (non-hydrogen) atoms. The molecule has 298 valence electrons. The van der Waals surface area contributed by atoms with E-state index in [0.29, 0.717) is 6.42 Å². The molecule has 0 saturated heterocycles. The zero-order valence-corrected chi connectivity index (χ0v) is 38.4. The molecule has 21 heteroatoms. The summed E-state index contributed by atoms with van der Waals surface area (Å²) in [4.78, 5) is 64.7. The maximum absolute atomic E-state index is 12.8. The van der Waals surface area contributed by atoms with Crippen LogP contribution in [-0.4, -0.2) is 58.9 Å². The molecule has 1 fully saturated rings. The van der Waals surface area contributed by atoms with Gasteiger partial charge in [0, 0.05) is 35.4 Å². The summed E-state index contributed by atoms with van der Waals surface area (Å²) < 4.78 is 45.9. The number of nitrogens with one attached hydrogen (secondary N) is 1. The van der Waals surface area contributed by atoms with E-state index in [0.717, 1.165) is 19.3 Å². The SMILES string of the molecule is CCCCCCCCCCCCCCCCCCOCC(COP(=O)([O-])C(=O)O)OP(=O)([O-])OC[C@H]1C[C@@H](n2cc(C)c(=O)[nH]c2=O)C[C@@H]1N=[N+]=[N-].[Na+].[Na+]. The van der Waals surface area contributed by atoms with Crippen LogP contribution in [0.2, 0.25) is 0 Å². The van der Waals surface area contributed by atoms with Gasteiger partial charge < -0.3 is 33.2 Å². The van der Waals surface area contributed by atoms with Crippen LogP contribution in [0.4, 0.5) is 4.79 Å². The monoisotopic (exact) mass is 823 g/mol. The standard InChI is InChI=1S/C33H59N5O12P2.2Na/c1-3-4-5-6-7-8-9-10-11-12-13-14-15-16-17-18-19-47-24-29(25-48-51(43,44)33(41)42)50-52(45,46)49-23-27-20-28(21-30(27)36-37-34)38-22-26(2)31(39)35-32(38)40;;/h22,27-30H,3-21,23-25H2,1-2H3,(H,41,42)(H,43,44)(H,45,46)(H,35,39,40);;/q;2*+1/p-2/t27-,28-,29?,30+;;/m1../s1. The molecule has 17 nitrogen and oxygen atoms in total. The second kappa shape index (κ2) is 29.8. The Balaban J connectivity index is 0.0000140. The van der Waals surface area contributed by atoms with E-state index < -0.39 is 76.3 Å². The molecule has 2 rings (SSSR count). The van der Waals surface area contributed by atoms with E-state index in [9.17, 15) is 33.3 Å². The van der Waals surface area contributed by atoms with Gasteiger partial charge in [0.25, 0.3) is 13.4 Å². The third-order valence-electron chi connectivity index (χ3n) is 9.21. The number of nitrogens with zero attached hydrogens (tertiary/aromatic N) is 4. The topological polar surface area (TPSA) is 258 Å². The molecule has 0 spiro atoms. The van der Waals surface area contributed by atoms with Crippen LogP contribution in [0.1, 0.15) is 134 Å². The summed E-state index contributed by atoms with van der Waals surface area (Å²) in [6, 6.07) is -1.28. The van der Waals surface area contributed by atoms with Crippen LogP contribution in [0, 0.1) is 12.8 Å². The van der Waals surface area contributed by atoms with Crippen molar-refractivity contribution in [3.8, 4) is 0 Å². The third kappa shape index (κ3) is 22.0. The fraction of sp³-hybridized carbons (Fsp3) is 0.848. The normalized spacial score (nSPS) is 19.4. The number of carboxylic acid groups (broad SMARTS) is 1. The number of carbonyl (C=O) groups is 1. The number of aryl methyl sites for hydroxylation is 1. The summed E-state index contributed by atoms with van der Waals surface area (Å²) in [5.41, 5.74) is 5.89. The fourth-order valence-electron chi connectivity index (χ4n) is 6.26. The van der Waals surface area contributed by atoms with Crippen LogP contribution >= 0.6 is 15.4 Å². The number of hydrogen-bond acceptors (Lipinski definition) is 12. The van der Waals surface area contributed by atoms with Gasteiger partial charge in [-0.05, 0) is 37.6 Å². The van der Waals surface area contributed by atoms with E-state index in [1.807, 2.05) is 0 Å². The van der Waals surface area contributed by atoms with E-state index >= 15 is 0 Å². The average molecular weight is 824 g/mol. The van der Waals surface area contributed by atoms with Crippen molar-refractivity contribution in [3.05, 3.63) is 43.0 Å². The molecule has 1 aliphatic carbocycles. The molecule has 6 atom stereocenters. The van der Waals surface area contributed by atoms with Crippen molar-refractivity contribution in [3.63, 3.8) is 0 Å². The van der Waals surface area contributed by atoms with Gasteiger partial charge in [0.15, 0.2) is 0 Å². The number of unbranched alkanes of at least 4 members (excludes halogenated alkanes) is 15. The number of ether oxygens (including phenoxy) is 1. The molecule has 0 aliphatic heterocycles. The Morgan fingerprint density at radius 3 is 2.00 bits per heavy atom. The molecule has 0 radical (unpaired) electrons. The van der Waals surface area contributed by atoms with E-state index in [-0.39, 0.29) is 84.1 Å². The van der Waals surface area contributed by atoms with Gasteiger partial charge in [-0.1, -0.05) is 108 Å². The van der Waals surface area contributed by atoms with Gasteiger partial charge in [0.1, 0.15) is 6.10 Å². The molecule has 1 aliphatic rings. The zero-order valence-electron chi connectivity index (χ0n) is 32.6. The molecule has 0 aromatic carbocycles. The zero-order chi connectivity index (χ0) is 38.4. The number of phosphoric acid groups is 1. The van der Waals surface area contributed by atoms with Gasteiger partial charge in [-0.3, -0.25) is 23.5 Å². The number of azide groups is 1. The molecule has 1 heterocycles. The molecule has 1 aromatic rings. The summed E-state index contributed by atoms with van der Waals surface area (Å²) in [6.07, 6.45) is 19.4. The van der Waals surface area contributed by atoms with Crippen molar-refractivity contribution in [1.29, 1.82) is 0 Å². The van der Waals surface area contributed by atoms with Crippen LogP contribution in [0.25, 0.3) is 10.4 Å². The fourth-order valence-corrected chi connectivity index (χ4v) is 7.65. The van der Waals surface area contributed by atoms with Crippen molar-refractivity contribution in [2.24, 2.45) is 11.0 Å². The molecule has 0 bridgehead atoms. The van der Waals surface area contributed by atoms with Crippen molar-refractivity contribution in [2.75, 3.05) is 26.4 Å². The van der Waals surface area contributed by atoms with Crippen LogP contribution < -0.4 is 80.2 Å². The van der Waals surface area contributed by atoms with Gasteiger partial charge >= 0.3 is 70.5 Å². The van der Waals surface area contributed by atoms with Gasteiger partial charge in [-0.25, -0.2) is 9.59 Å². The second-order valence-electron chi connectivity index (χ2n) is 13.6. The first kappa shape index (κ1) is 53.7. The summed E-state index contributed by atoms with van der Waals surface area (Å²) >= 11 is 0. The Morgan fingerprint density at radius 2 is 1.48 bits per heavy atom. The Hall–Kier alpha value is -0.320. The first-order chi connectivity index (χ1) is 24.8. The number of H-pyrrole nitrogens is 1. The summed E-state index contributed by atoms with van der Waals surface area (Å²) in [6.45, 7) is 2.11. The second-order valence-corrected chi connectivity index (χ2v) is 16.6. The first-order valence-corrected chi connectivity index (χ1v) is 21.6. The Kier molecular flexibility index (Phi) is 29.7. The predicted octanol–water partition coefficient (Wildman–Crippen LogP) is 0.879. The number of phosphoric ester groups is 1. The summed E-state index contributed by atoms with van der Waals surface area (Å²) in [5, 5.41) is 12.6. The maximum Gasteiger partial charge on any atom is 1.00 e. The number of rotatable bonds is 30. The van der Waals surface area contributed by atoms with Crippen LogP contribution in [0.15, 0.2) is 20.9 Å². The van der Waals surface area contributed by atoms with E-state index in [2.05, 4.69) is 26.5 Å². The Morgan fingerprint density at radius 1 is 0.944 bits per heavy atom. The molecular weight excluding hydrogens is 766 g/mol. The summed E-state index contributed by atoms with van der Waals surface area (Å²) in [7, 11) is -10.5. The number of aromatic nitrogens is 2. The smallest absolute Gasteiger partial charge is 0.770 e. The van der Waals surface area contributed by atoms with E-state index in [1.54, 1.807) is 0 Å². The van der Waals surface area contributed by atoms with E-state index in [4.69, 9.17) is 24.4 Å². The maximum atomic E-state index is 12.8. The minimum atomic E-state index is -5.36. The first-order valence-electron chi connectivity index (χ1n) is 18.6. The van der Waals surface area contributed by atoms with Gasteiger partial charge in [-0.15, -0.1) is 0 Å². The molecular formula is C33H57N5Na2O12P2. The van der Waals surface area contributed by atoms with E-state index in [1.165, 1.54) is 94.7 Å². The van der Waals surface area contributed by atoms with Crippen molar-refractivity contribution in [1.82, 2.24) is 9.55 Å². The minimum Gasteiger partial charge on any atom is -0.770 e. The van der Waals surface area contributed by atoms with Crippen LogP contribution in [-0.2, 0) is 27.4 Å². The van der Waals surface area contributed by atoms with Crippen LogP contribution in [0.3, 0.4) is 0 Å². The Bertz CT molecular complexity index is 1480. The number of hydrogen-bond donors (Lipinski definition) is 2. The molecule has 1 saturated carbocycles. The van der Waals surface area contributed by atoms with Crippen molar-refractivity contribution in [2.45, 2.75) is 148 Å². The molecule has 0 amide bonds. The molecule has 2 N–H and O–H groups in total. The predicted molar refractivity (Wildman–Crippen MR) is 191 cm³/mol. The van der Waals surface area contributed by atoms with Gasteiger partial charge in [-0.2, -0.15) is 0 Å². The van der Waals surface area contributed by atoms with Gasteiger partial charge in [0.2, 0.25) is 7.60 Å².